The van der Waals surface area contributed by atoms with Gasteiger partial charge >= 0.3 is 0 Å². The molecule has 4 aliphatic carbocycles. The minimum atomic E-state index is -0.190. The Hall–Kier alpha value is -5.42. The summed E-state index contributed by atoms with van der Waals surface area (Å²) in [6.45, 7) is 14.1. The van der Waals surface area contributed by atoms with Gasteiger partial charge in [-0.2, -0.15) is 0 Å². The average Bonchev–Trinajstić information content (AvgIpc) is 1.57. The number of anilines is 5. The molecular formula is C99H132Br2N2. The lowest BCUT2D eigenvalue weighted by Gasteiger charge is -2.42. The van der Waals surface area contributed by atoms with E-state index in [0.29, 0.717) is 5.92 Å². The van der Waals surface area contributed by atoms with Gasteiger partial charge in [-0.1, -0.05) is 390 Å². The van der Waals surface area contributed by atoms with Crippen molar-refractivity contribution >= 4 is 60.3 Å². The fourth-order valence-corrected chi connectivity index (χ4v) is 20.5. The predicted octanol–water partition coefficient (Wildman–Crippen LogP) is 33.0. The van der Waals surface area contributed by atoms with Gasteiger partial charge < -0.3 is 9.80 Å². The van der Waals surface area contributed by atoms with Gasteiger partial charge in [-0.15, -0.1) is 0 Å². The standard InChI is InChI=1S/C99H132Br2N2/c1-7-13-19-25-31-41-69-97(70-42-32-26-20-14-8-2)87-51-39-37-49-85(87)95-89(97)53-47-55-93(95)102(79-61-57-77(100)58-62-79)81-65-67-83-84-68-66-82(76-92(84)99(91(83)75-81,73-45-35-29-23-17-11-5)74-46-36-30-24-18-12-6)103(80-63-59-78(101)60-64-80)94-56-48-54-90-96(94)86-50-38-40-52-88(86)98(90,71-43-33-27-21-15-9-3)72-44-34-28-22-16-10-4/h37-40,47-68,75-76,89,95H,7-36,41-46,69-74H2,1-6H3. The van der Waals surface area contributed by atoms with Crippen LogP contribution in [0.5, 0.6) is 0 Å². The first-order chi connectivity index (χ1) is 50.7. The van der Waals surface area contributed by atoms with E-state index in [4.69, 9.17) is 0 Å². The molecule has 0 saturated carbocycles. The molecule has 0 N–H and O–H groups in total. The molecule has 0 aromatic heterocycles. The first kappa shape index (κ1) is 78.6. The number of hydrogen-bond acceptors (Lipinski definition) is 2. The minimum absolute atomic E-state index is 0.0239. The Balaban J connectivity index is 1.06. The average molecular weight is 1510 g/mol. The van der Waals surface area contributed by atoms with Crippen molar-refractivity contribution in [2.75, 3.05) is 9.80 Å². The second-order valence-electron chi connectivity index (χ2n) is 32.3. The van der Waals surface area contributed by atoms with E-state index in [1.807, 2.05) is 0 Å². The number of halogens is 2. The van der Waals surface area contributed by atoms with Crippen LogP contribution in [0.15, 0.2) is 185 Å². The van der Waals surface area contributed by atoms with E-state index < -0.39 is 0 Å². The lowest BCUT2D eigenvalue weighted by atomic mass is 9.65. The Labute approximate surface area is 644 Å². The van der Waals surface area contributed by atoms with Gasteiger partial charge in [-0.05, 0) is 179 Å². The second kappa shape index (κ2) is 40.0. The van der Waals surface area contributed by atoms with E-state index in [1.54, 1.807) is 33.4 Å². The van der Waals surface area contributed by atoms with Crippen LogP contribution < -0.4 is 9.80 Å². The molecule has 0 aliphatic heterocycles. The lowest BCUT2D eigenvalue weighted by molar-refractivity contribution is 0.260. The highest BCUT2D eigenvalue weighted by Gasteiger charge is 2.53. The summed E-state index contributed by atoms with van der Waals surface area (Å²) in [5.41, 5.74) is 22.8. The predicted molar refractivity (Wildman–Crippen MR) is 457 cm³/mol. The molecule has 4 heteroatoms. The van der Waals surface area contributed by atoms with Gasteiger partial charge in [0.05, 0.1) is 5.69 Å². The largest absolute Gasteiger partial charge is 0.314 e. The third-order valence-electron chi connectivity index (χ3n) is 25.3. The number of fused-ring (bicyclic) bond motifs is 9. The van der Waals surface area contributed by atoms with Crippen LogP contribution in [0.1, 0.15) is 351 Å². The van der Waals surface area contributed by atoms with Crippen LogP contribution in [0.3, 0.4) is 0 Å². The van der Waals surface area contributed by atoms with Crippen molar-refractivity contribution in [3.05, 3.63) is 218 Å². The van der Waals surface area contributed by atoms with Crippen LogP contribution in [0.2, 0.25) is 0 Å². The molecule has 2 unspecified atom stereocenters. The fraction of sp³-hybridized carbons (Fsp3) is 0.535. The summed E-state index contributed by atoms with van der Waals surface area (Å²) in [4.78, 5) is 5.46. The van der Waals surface area contributed by atoms with Crippen molar-refractivity contribution in [2.45, 2.75) is 333 Å². The second-order valence-corrected chi connectivity index (χ2v) is 34.2. The number of benzene rings is 7. The van der Waals surface area contributed by atoms with Gasteiger partial charge in [0.1, 0.15) is 0 Å². The van der Waals surface area contributed by atoms with Gasteiger partial charge in [0, 0.05) is 65.1 Å². The molecule has 4 aliphatic rings. The first-order valence-electron chi connectivity index (χ1n) is 42.8. The molecule has 2 nitrogen and oxygen atoms in total. The van der Waals surface area contributed by atoms with Crippen LogP contribution in [0.4, 0.5) is 28.4 Å². The van der Waals surface area contributed by atoms with Gasteiger partial charge in [0.25, 0.3) is 0 Å². The minimum Gasteiger partial charge on any atom is -0.314 e. The summed E-state index contributed by atoms with van der Waals surface area (Å²) in [6, 6.07) is 61.6. The van der Waals surface area contributed by atoms with Crippen molar-refractivity contribution in [1.82, 2.24) is 0 Å². The SMILES string of the molecule is CCCCCCCCC1(CCCCCCCC)c2cc(N(C3=CC=CC4C3c3ccccc3C4(CCCCCCCC)CCCCCCCC)c3ccc(Br)cc3)ccc2-c2ccc(N(c3ccc(Br)cc3)c3cccc4c3-c3ccccc3C4(CCCCCCCC)CCCCCCCC)cc21. The molecule has 0 heterocycles. The third-order valence-corrected chi connectivity index (χ3v) is 26.4. The van der Waals surface area contributed by atoms with E-state index >= 15 is 0 Å². The van der Waals surface area contributed by atoms with Crippen molar-refractivity contribution in [2.24, 2.45) is 5.92 Å². The van der Waals surface area contributed by atoms with Crippen LogP contribution in [-0.4, -0.2) is 0 Å². The monoisotopic (exact) mass is 1510 g/mol. The summed E-state index contributed by atoms with van der Waals surface area (Å²) in [7, 11) is 0. The van der Waals surface area contributed by atoms with Crippen LogP contribution in [0, 0.1) is 5.92 Å². The highest BCUT2D eigenvalue weighted by Crippen LogP contribution is 2.64. The Morgan fingerprint density at radius 1 is 0.311 bits per heavy atom. The maximum atomic E-state index is 3.94. The Bertz CT molecular complexity index is 3720. The molecular weight excluding hydrogens is 1380 g/mol. The maximum absolute atomic E-state index is 3.94. The zero-order valence-corrected chi connectivity index (χ0v) is 68.3. The maximum Gasteiger partial charge on any atom is 0.0543 e. The molecule has 103 heavy (non-hydrogen) atoms. The molecule has 2 atom stereocenters. The highest BCUT2D eigenvalue weighted by atomic mass is 79.9. The molecule has 0 amide bonds. The van der Waals surface area contributed by atoms with Crippen molar-refractivity contribution in [3.63, 3.8) is 0 Å². The van der Waals surface area contributed by atoms with E-state index in [2.05, 4.69) is 253 Å². The van der Waals surface area contributed by atoms with Crippen molar-refractivity contribution < 1.29 is 0 Å². The number of hydrogen-bond donors (Lipinski definition) is 0. The smallest absolute Gasteiger partial charge is 0.0543 e. The summed E-state index contributed by atoms with van der Waals surface area (Å²) >= 11 is 7.86. The lowest BCUT2D eigenvalue weighted by Crippen LogP contribution is -2.35. The summed E-state index contributed by atoms with van der Waals surface area (Å²) in [6.07, 6.45) is 62.2. The van der Waals surface area contributed by atoms with Crippen LogP contribution in [0.25, 0.3) is 22.3 Å². The topological polar surface area (TPSA) is 6.48 Å². The molecule has 7 aromatic rings. The zero-order valence-electron chi connectivity index (χ0n) is 65.2. The first-order valence-corrected chi connectivity index (χ1v) is 44.4. The normalized spacial score (nSPS) is 16.1. The summed E-state index contributed by atoms with van der Waals surface area (Å²) < 4.78 is 2.23. The number of allylic oxidation sites excluding steroid dienone is 4. The Morgan fingerprint density at radius 3 is 1.15 bits per heavy atom. The molecule has 0 fully saturated rings. The Kier molecular flexibility index (Phi) is 30.5. The molecule has 0 spiro atoms. The third kappa shape index (κ3) is 18.4. The van der Waals surface area contributed by atoms with E-state index in [-0.39, 0.29) is 22.2 Å². The molecule has 7 aromatic carbocycles. The van der Waals surface area contributed by atoms with Gasteiger partial charge in [0.2, 0.25) is 0 Å². The van der Waals surface area contributed by atoms with E-state index in [9.17, 15) is 0 Å². The fourth-order valence-electron chi connectivity index (χ4n) is 19.9. The quantitative estimate of drug-likeness (QED) is 0.0351. The molecule has 0 saturated heterocycles. The number of nitrogens with zero attached hydrogens (tertiary/aromatic N) is 2. The highest BCUT2D eigenvalue weighted by molar-refractivity contribution is 9.10. The van der Waals surface area contributed by atoms with Crippen molar-refractivity contribution in [3.8, 4) is 22.3 Å². The number of rotatable bonds is 48. The molecule has 0 radical (unpaired) electrons. The summed E-state index contributed by atoms with van der Waals surface area (Å²) in [5, 5.41) is 0. The molecule has 552 valence electrons. The Morgan fingerprint density at radius 2 is 0.680 bits per heavy atom. The number of unbranched alkanes of at least 4 members (excludes halogenated alkanes) is 30. The van der Waals surface area contributed by atoms with E-state index in [1.165, 1.54) is 313 Å². The van der Waals surface area contributed by atoms with Gasteiger partial charge in [-0.25, -0.2) is 0 Å². The van der Waals surface area contributed by atoms with Crippen molar-refractivity contribution in [1.29, 1.82) is 0 Å². The van der Waals surface area contributed by atoms with Gasteiger partial charge in [0.15, 0.2) is 0 Å². The van der Waals surface area contributed by atoms with Crippen LogP contribution in [-0.2, 0) is 16.2 Å². The van der Waals surface area contributed by atoms with Crippen LogP contribution >= 0.6 is 31.9 Å². The van der Waals surface area contributed by atoms with Gasteiger partial charge in [-0.3, -0.25) is 0 Å². The molecule has 0 bridgehead atoms. The van der Waals surface area contributed by atoms with E-state index in [0.717, 1.165) is 21.8 Å². The zero-order chi connectivity index (χ0) is 71.7. The summed E-state index contributed by atoms with van der Waals surface area (Å²) in [5.74, 6) is 0.622. The molecule has 11 rings (SSSR count).